The van der Waals surface area contributed by atoms with Gasteiger partial charge in [0.1, 0.15) is 10.6 Å². The number of nitrogens with two attached hydrogens (primary N) is 1. The minimum Gasteiger partial charge on any atom is -0.406 e. The summed E-state index contributed by atoms with van der Waals surface area (Å²) in [4.78, 5) is 16.3. The fraction of sp³-hybridized carbons (Fsp3) is 0.231. The first-order valence-corrected chi connectivity index (χ1v) is 6.92. The number of halogens is 3. The van der Waals surface area contributed by atoms with Crippen molar-refractivity contribution in [3.8, 4) is 5.75 Å². The van der Waals surface area contributed by atoms with E-state index in [1.165, 1.54) is 24.3 Å². The lowest BCUT2D eigenvalue weighted by atomic mass is 10.2. The average Bonchev–Trinajstić information content (AvgIpc) is 2.75. The normalized spacial score (nSPS) is 11.3. The number of alkyl halides is 3. The molecule has 118 valence electrons. The van der Waals surface area contributed by atoms with Crippen LogP contribution in [0.4, 0.5) is 18.3 Å². The molecule has 5 nitrogen and oxygen atoms in total. The maximum Gasteiger partial charge on any atom is 0.573 e. The summed E-state index contributed by atoms with van der Waals surface area (Å²) in [7, 11) is 0. The Kier molecular flexibility index (Phi) is 4.55. The molecule has 0 radical (unpaired) electrons. The van der Waals surface area contributed by atoms with Crippen LogP contribution in [0.25, 0.3) is 0 Å². The second-order valence-corrected chi connectivity index (χ2v) is 5.37. The van der Waals surface area contributed by atoms with Crippen LogP contribution in [0.1, 0.15) is 20.9 Å². The molecule has 2 aromatic rings. The number of rotatable bonds is 4. The molecule has 1 heterocycles. The zero-order chi connectivity index (χ0) is 16.3. The van der Waals surface area contributed by atoms with Crippen LogP contribution >= 0.6 is 11.3 Å². The van der Waals surface area contributed by atoms with Crippen LogP contribution in [0.3, 0.4) is 0 Å². The van der Waals surface area contributed by atoms with Gasteiger partial charge in [-0.2, -0.15) is 0 Å². The molecule has 0 atom stereocenters. The van der Waals surface area contributed by atoms with Gasteiger partial charge in [0, 0.05) is 6.54 Å². The quantitative estimate of drug-likeness (QED) is 0.903. The number of benzene rings is 1. The Hall–Kier alpha value is -2.29. The van der Waals surface area contributed by atoms with Gasteiger partial charge in [0.05, 0.1) is 5.69 Å². The van der Waals surface area contributed by atoms with Crippen LogP contribution in [-0.2, 0) is 6.54 Å². The predicted molar refractivity (Wildman–Crippen MR) is 75.6 cm³/mol. The minimum atomic E-state index is -4.72. The largest absolute Gasteiger partial charge is 0.573 e. The molecule has 2 rings (SSSR count). The highest BCUT2D eigenvalue weighted by atomic mass is 32.1. The molecule has 0 spiro atoms. The number of nitrogens with one attached hydrogen (secondary N) is 1. The summed E-state index contributed by atoms with van der Waals surface area (Å²) in [5.74, 6) is -0.643. The van der Waals surface area contributed by atoms with Gasteiger partial charge in [-0.1, -0.05) is 23.5 Å². The summed E-state index contributed by atoms with van der Waals surface area (Å²) in [6.07, 6.45) is -4.72. The highest BCUT2D eigenvalue weighted by molar-refractivity contribution is 7.17. The number of hydrogen-bond acceptors (Lipinski definition) is 5. The van der Waals surface area contributed by atoms with Gasteiger partial charge in [-0.15, -0.1) is 13.2 Å². The van der Waals surface area contributed by atoms with E-state index in [9.17, 15) is 18.0 Å². The fourth-order valence-corrected chi connectivity index (χ4v) is 2.45. The molecule has 0 fully saturated rings. The van der Waals surface area contributed by atoms with E-state index in [0.717, 1.165) is 11.3 Å². The number of aryl methyl sites for hydroxylation is 1. The monoisotopic (exact) mass is 331 g/mol. The highest BCUT2D eigenvalue weighted by Gasteiger charge is 2.30. The smallest absolute Gasteiger partial charge is 0.406 e. The number of nitrogens with zero attached hydrogens (tertiary/aromatic N) is 1. The first-order valence-electron chi connectivity index (χ1n) is 6.10. The van der Waals surface area contributed by atoms with Gasteiger partial charge >= 0.3 is 6.36 Å². The lowest BCUT2D eigenvalue weighted by Gasteiger charge is -2.09. The SMILES string of the molecule is Cc1nc(N)sc1C(=O)NCc1ccc(OC(F)(F)F)cc1. The van der Waals surface area contributed by atoms with Crippen LogP contribution < -0.4 is 15.8 Å². The summed E-state index contributed by atoms with van der Waals surface area (Å²) in [5.41, 5.74) is 6.69. The molecule has 0 aliphatic carbocycles. The zero-order valence-corrected chi connectivity index (χ0v) is 12.2. The second kappa shape index (κ2) is 6.22. The molecule has 1 aromatic carbocycles. The Bertz CT molecular complexity index is 668. The van der Waals surface area contributed by atoms with Crippen molar-refractivity contribution in [1.29, 1.82) is 0 Å². The van der Waals surface area contributed by atoms with Crippen molar-refractivity contribution in [3.63, 3.8) is 0 Å². The Balaban J connectivity index is 1.94. The van der Waals surface area contributed by atoms with Gasteiger partial charge in [-0.3, -0.25) is 4.79 Å². The van der Waals surface area contributed by atoms with Crippen LogP contribution in [0, 0.1) is 6.92 Å². The van der Waals surface area contributed by atoms with E-state index in [1.807, 2.05) is 0 Å². The highest BCUT2D eigenvalue weighted by Crippen LogP contribution is 2.23. The minimum absolute atomic E-state index is 0.169. The van der Waals surface area contributed by atoms with E-state index in [-0.39, 0.29) is 18.2 Å². The zero-order valence-electron chi connectivity index (χ0n) is 11.4. The summed E-state index contributed by atoms with van der Waals surface area (Å²) in [6.45, 7) is 1.84. The van der Waals surface area contributed by atoms with Crippen molar-refractivity contribution in [3.05, 3.63) is 40.4 Å². The maximum atomic E-state index is 12.0. The Morgan fingerprint density at radius 2 is 2.00 bits per heavy atom. The third-order valence-electron chi connectivity index (χ3n) is 2.63. The first-order chi connectivity index (χ1) is 10.2. The molecule has 1 amide bonds. The molecular weight excluding hydrogens is 319 g/mol. The molecule has 9 heteroatoms. The standard InChI is InChI=1S/C13H12F3N3O2S/c1-7-10(22-12(17)19-7)11(20)18-6-8-2-4-9(5-3-8)21-13(14,15)16/h2-5H,6H2,1H3,(H2,17,19)(H,18,20). The van der Waals surface area contributed by atoms with E-state index in [2.05, 4.69) is 15.0 Å². The van der Waals surface area contributed by atoms with Crippen LogP contribution in [-0.4, -0.2) is 17.3 Å². The van der Waals surface area contributed by atoms with Gasteiger partial charge in [-0.25, -0.2) is 4.98 Å². The number of carbonyl (C=O) groups excluding carboxylic acids is 1. The van der Waals surface area contributed by atoms with Crippen molar-refractivity contribution in [2.75, 3.05) is 5.73 Å². The number of anilines is 1. The Morgan fingerprint density at radius 3 is 2.50 bits per heavy atom. The number of ether oxygens (including phenoxy) is 1. The molecule has 1 aromatic heterocycles. The molecular formula is C13H12F3N3O2S. The third-order valence-corrected chi connectivity index (χ3v) is 3.61. The lowest BCUT2D eigenvalue weighted by molar-refractivity contribution is -0.274. The summed E-state index contributed by atoms with van der Waals surface area (Å²) < 4.78 is 39.8. The van der Waals surface area contributed by atoms with Crippen molar-refractivity contribution in [2.24, 2.45) is 0 Å². The maximum absolute atomic E-state index is 12.0. The number of carbonyl (C=O) groups is 1. The molecule has 0 unspecified atom stereocenters. The summed E-state index contributed by atoms with van der Waals surface area (Å²) >= 11 is 1.08. The van der Waals surface area contributed by atoms with E-state index >= 15 is 0 Å². The molecule has 0 aliphatic rings. The number of hydrogen-bond donors (Lipinski definition) is 2. The number of nitrogen functional groups attached to an aromatic ring is 1. The molecule has 0 saturated carbocycles. The van der Waals surface area contributed by atoms with Gasteiger partial charge in [0.15, 0.2) is 5.13 Å². The fourth-order valence-electron chi connectivity index (χ4n) is 1.70. The van der Waals surface area contributed by atoms with E-state index < -0.39 is 6.36 Å². The molecule has 0 aliphatic heterocycles. The van der Waals surface area contributed by atoms with Gasteiger partial charge in [-0.05, 0) is 24.6 Å². The number of aromatic nitrogens is 1. The average molecular weight is 331 g/mol. The number of amides is 1. The van der Waals surface area contributed by atoms with E-state index in [4.69, 9.17) is 5.73 Å². The van der Waals surface area contributed by atoms with Crippen LogP contribution in [0.2, 0.25) is 0 Å². The van der Waals surface area contributed by atoms with Crippen LogP contribution in [0.5, 0.6) is 5.75 Å². The van der Waals surface area contributed by atoms with Crippen molar-refractivity contribution >= 4 is 22.4 Å². The topological polar surface area (TPSA) is 77.2 Å². The van der Waals surface area contributed by atoms with Gasteiger partial charge in [0.2, 0.25) is 0 Å². The van der Waals surface area contributed by atoms with Crippen molar-refractivity contribution in [1.82, 2.24) is 10.3 Å². The lowest BCUT2D eigenvalue weighted by Crippen LogP contribution is -2.22. The summed E-state index contributed by atoms with van der Waals surface area (Å²) in [6, 6.07) is 5.25. The predicted octanol–water partition coefficient (Wildman–Crippen LogP) is 2.86. The van der Waals surface area contributed by atoms with Gasteiger partial charge in [0.25, 0.3) is 5.91 Å². The van der Waals surface area contributed by atoms with Crippen LogP contribution in [0.15, 0.2) is 24.3 Å². The Morgan fingerprint density at radius 1 is 1.36 bits per heavy atom. The summed E-state index contributed by atoms with van der Waals surface area (Å²) in [5, 5.41) is 2.95. The third kappa shape index (κ3) is 4.35. The van der Waals surface area contributed by atoms with E-state index in [1.54, 1.807) is 6.92 Å². The molecule has 3 N–H and O–H groups in total. The first kappa shape index (κ1) is 16.1. The van der Waals surface area contributed by atoms with Crippen molar-refractivity contribution < 1.29 is 22.7 Å². The van der Waals surface area contributed by atoms with Gasteiger partial charge < -0.3 is 15.8 Å². The number of thiazole rings is 1. The van der Waals surface area contributed by atoms with Crippen molar-refractivity contribution in [2.45, 2.75) is 19.8 Å². The second-order valence-electron chi connectivity index (χ2n) is 4.34. The molecule has 0 bridgehead atoms. The Labute approximate surface area is 127 Å². The van der Waals surface area contributed by atoms with E-state index in [0.29, 0.717) is 21.3 Å². The molecule has 0 saturated heterocycles. The molecule has 22 heavy (non-hydrogen) atoms.